The number of hydrogen-bond acceptors (Lipinski definition) is 1. The van der Waals surface area contributed by atoms with Gasteiger partial charge in [-0.25, -0.2) is 0 Å². The van der Waals surface area contributed by atoms with Crippen molar-refractivity contribution in [3.05, 3.63) is 5.53 Å². The standard InChI is InChI=1S/C4H6N2O/c5-6-4-2-1-3-7-4/h1-3H2. The molecule has 0 aromatic carbocycles. The van der Waals surface area contributed by atoms with E-state index in [2.05, 4.69) is 4.79 Å². The summed E-state index contributed by atoms with van der Waals surface area (Å²) in [6, 6.07) is 0. The molecule has 0 unspecified atom stereocenters. The predicted molar refractivity (Wildman–Crippen MR) is 23.8 cm³/mol. The van der Waals surface area contributed by atoms with Crippen LogP contribution in [-0.4, -0.2) is 17.3 Å². The van der Waals surface area contributed by atoms with Crippen molar-refractivity contribution in [1.82, 2.24) is 0 Å². The van der Waals surface area contributed by atoms with Crippen LogP contribution in [0.3, 0.4) is 0 Å². The summed E-state index contributed by atoms with van der Waals surface area (Å²) in [7, 11) is 0. The smallest absolute Gasteiger partial charge is 0.436 e. The van der Waals surface area contributed by atoms with Crippen molar-refractivity contribution in [2.24, 2.45) is 0 Å². The van der Waals surface area contributed by atoms with Crippen molar-refractivity contribution in [1.29, 1.82) is 0 Å². The summed E-state index contributed by atoms with van der Waals surface area (Å²) in [6.45, 7) is 0.708. The van der Waals surface area contributed by atoms with E-state index < -0.39 is 0 Å². The fourth-order valence-electron chi connectivity index (χ4n) is 0.564. The first-order valence-electron chi connectivity index (χ1n) is 2.27. The summed E-state index contributed by atoms with van der Waals surface area (Å²) in [5.41, 5.74) is 8.03. The Morgan fingerprint density at radius 2 is 2.57 bits per heavy atom. The van der Waals surface area contributed by atoms with E-state index in [4.69, 9.17) is 10.3 Å². The minimum absolute atomic E-state index is 0.472. The third-order valence-electron chi connectivity index (χ3n) is 0.915. The van der Waals surface area contributed by atoms with E-state index in [1.54, 1.807) is 0 Å². The highest BCUT2D eigenvalue weighted by atomic mass is 16.5. The molecule has 0 radical (unpaired) electrons. The number of nitrogens with zero attached hydrogens (tertiary/aromatic N) is 2. The molecular weight excluding hydrogens is 92.1 g/mol. The van der Waals surface area contributed by atoms with Gasteiger partial charge >= 0.3 is 5.90 Å². The van der Waals surface area contributed by atoms with Crippen LogP contribution in [0.5, 0.6) is 0 Å². The van der Waals surface area contributed by atoms with Crippen LogP contribution in [0.2, 0.25) is 0 Å². The third kappa shape index (κ3) is 0.783. The van der Waals surface area contributed by atoms with Gasteiger partial charge in [0.2, 0.25) is 0 Å². The predicted octanol–water partition coefficient (Wildman–Crippen LogP) is 0.425. The van der Waals surface area contributed by atoms with Gasteiger partial charge in [0.05, 0.1) is 13.0 Å². The van der Waals surface area contributed by atoms with E-state index in [-0.39, 0.29) is 0 Å². The van der Waals surface area contributed by atoms with Crippen LogP contribution in [0.1, 0.15) is 12.8 Å². The highest BCUT2D eigenvalue weighted by Gasteiger charge is 2.15. The lowest BCUT2D eigenvalue weighted by atomic mass is 10.4. The van der Waals surface area contributed by atoms with Gasteiger partial charge in [0.15, 0.2) is 0 Å². The van der Waals surface area contributed by atoms with Crippen molar-refractivity contribution in [3.63, 3.8) is 0 Å². The van der Waals surface area contributed by atoms with Gasteiger partial charge in [0.25, 0.3) is 0 Å². The maximum Gasteiger partial charge on any atom is 0.449 e. The maximum atomic E-state index is 8.03. The van der Waals surface area contributed by atoms with Crippen LogP contribution in [-0.2, 0) is 4.74 Å². The minimum Gasteiger partial charge on any atom is -0.436 e. The quantitative estimate of drug-likeness (QED) is 0.320. The monoisotopic (exact) mass is 98.0 g/mol. The second kappa shape index (κ2) is 1.76. The van der Waals surface area contributed by atoms with Gasteiger partial charge in [-0.15, -0.1) is 4.79 Å². The highest BCUT2D eigenvalue weighted by Crippen LogP contribution is 2.01. The van der Waals surface area contributed by atoms with Crippen molar-refractivity contribution in [3.8, 4) is 0 Å². The van der Waals surface area contributed by atoms with E-state index in [0.29, 0.717) is 12.5 Å². The number of ether oxygens (including phenoxy) is 1. The molecule has 1 saturated heterocycles. The largest absolute Gasteiger partial charge is 0.449 e. The minimum atomic E-state index is 0.472. The van der Waals surface area contributed by atoms with Crippen molar-refractivity contribution in [2.45, 2.75) is 12.8 Å². The van der Waals surface area contributed by atoms with Gasteiger partial charge in [-0.2, -0.15) is 0 Å². The molecule has 1 rings (SSSR count). The van der Waals surface area contributed by atoms with Crippen LogP contribution in [0.4, 0.5) is 0 Å². The molecule has 0 bridgehead atoms. The highest BCUT2D eigenvalue weighted by molar-refractivity contribution is 5.71. The van der Waals surface area contributed by atoms with E-state index in [1.165, 1.54) is 0 Å². The van der Waals surface area contributed by atoms with Crippen LogP contribution in [0, 0.1) is 0 Å². The van der Waals surface area contributed by atoms with Gasteiger partial charge in [-0.05, 0) is 6.42 Å². The van der Waals surface area contributed by atoms with Crippen LogP contribution in [0.15, 0.2) is 0 Å². The zero-order valence-electron chi connectivity index (χ0n) is 3.92. The Morgan fingerprint density at radius 3 is 2.86 bits per heavy atom. The Kier molecular flexibility index (Phi) is 1.09. The lowest BCUT2D eigenvalue weighted by molar-refractivity contribution is -0.0362. The summed E-state index contributed by atoms with van der Waals surface area (Å²) in [5, 5.41) is 0. The molecule has 0 amide bonds. The van der Waals surface area contributed by atoms with Gasteiger partial charge in [0, 0.05) is 0 Å². The summed E-state index contributed by atoms with van der Waals surface area (Å²) in [4.78, 5) is 2.88. The summed E-state index contributed by atoms with van der Waals surface area (Å²) in [5.74, 6) is 0.472. The summed E-state index contributed by atoms with van der Waals surface area (Å²) in [6.07, 6.45) is 1.77. The van der Waals surface area contributed by atoms with E-state index in [1.807, 2.05) is 0 Å². The van der Waals surface area contributed by atoms with Crippen molar-refractivity contribution < 1.29 is 9.53 Å². The molecule has 3 heteroatoms. The average molecular weight is 98.1 g/mol. The first kappa shape index (κ1) is 4.34. The summed E-state index contributed by atoms with van der Waals surface area (Å²) >= 11 is 0. The second-order valence-corrected chi connectivity index (χ2v) is 1.45. The van der Waals surface area contributed by atoms with Crippen molar-refractivity contribution >= 4 is 5.90 Å². The number of rotatable bonds is 0. The van der Waals surface area contributed by atoms with E-state index in [9.17, 15) is 0 Å². The Hall–Kier alpha value is -0.820. The first-order valence-corrected chi connectivity index (χ1v) is 2.27. The fraction of sp³-hybridized carbons (Fsp3) is 0.750. The van der Waals surface area contributed by atoms with E-state index >= 15 is 0 Å². The van der Waals surface area contributed by atoms with Crippen LogP contribution >= 0.6 is 0 Å². The van der Waals surface area contributed by atoms with Gasteiger partial charge in [0.1, 0.15) is 0 Å². The Balaban J connectivity index is 2.57. The summed E-state index contributed by atoms with van der Waals surface area (Å²) < 4.78 is 4.80. The molecule has 1 aliphatic rings. The molecule has 0 spiro atoms. The molecule has 1 heterocycles. The number of hydrogen-bond donors (Lipinski definition) is 0. The maximum absolute atomic E-state index is 8.03. The van der Waals surface area contributed by atoms with E-state index in [0.717, 1.165) is 12.8 Å². The Morgan fingerprint density at radius 1 is 1.71 bits per heavy atom. The first-order chi connectivity index (χ1) is 3.43. The molecule has 0 aliphatic carbocycles. The SMILES string of the molecule is [N-]=[N+]=C1CCCO1. The Bertz CT molecular complexity index is 107. The fourth-order valence-corrected chi connectivity index (χ4v) is 0.564. The molecular formula is C4H6N2O. The van der Waals surface area contributed by atoms with Gasteiger partial charge in [-0.1, -0.05) is 0 Å². The van der Waals surface area contributed by atoms with Crippen LogP contribution < -0.4 is 0 Å². The normalized spacial score (nSPS) is 18.6. The zero-order chi connectivity index (χ0) is 5.11. The molecule has 0 N–H and O–H groups in total. The zero-order valence-corrected chi connectivity index (χ0v) is 3.92. The molecule has 0 aromatic heterocycles. The van der Waals surface area contributed by atoms with Gasteiger partial charge in [-0.3, -0.25) is 0 Å². The average Bonchev–Trinajstić information content (AvgIpc) is 2.14. The van der Waals surface area contributed by atoms with Crippen molar-refractivity contribution in [2.75, 3.05) is 6.61 Å². The van der Waals surface area contributed by atoms with Gasteiger partial charge < -0.3 is 10.3 Å². The second-order valence-electron chi connectivity index (χ2n) is 1.45. The molecule has 1 fully saturated rings. The molecule has 1 aliphatic heterocycles. The molecule has 0 atom stereocenters. The molecule has 0 aromatic rings. The third-order valence-corrected chi connectivity index (χ3v) is 0.915. The Labute approximate surface area is 41.5 Å². The molecule has 38 valence electrons. The topological polar surface area (TPSA) is 45.6 Å². The van der Waals surface area contributed by atoms with Crippen LogP contribution in [0.25, 0.3) is 5.53 Å². The lowest BCUT2D eigenvalue weighted by Gasteiger charge is -1.77. The molecule has 7 heavy (non-hydrogen) atoms. The lowest BCUT2D eigenvalue weighted by Crippen LogP contribution is -1.92. The molecule has 3 nitrogen and oxygen atoms in total. The molecule has 0 saturated carbocycles.